The number of carbonyl (C=O) groups excluding carboxylic acids is 1. The predicted octanol–water partition coefficient (Wildman–Crippen LogP) is 3.79. The fourth-order valence-electron chi connectivity index (χ4n) is 1.87. The van der Waals surface area contributed by atoms with Gasteiger partial charge in [-0.3, -0.25) is 14.9 Å². The highest BCUT2D eigenvalue weighted by molar-refractivity contribution is 5.91. The van der Waals surface area contributed by atoms with Gasteiger partial charge in [-0.05, 0) is 24.6 Å². The van der Waals surface area contributed by atoms with Crippen molar-refractivity contribution in [3.63, 3.8) is 0 Å². The van der Waals surface area contributed by atoms with Gasteiger partial charge in [0.05, 0.1) is 4.92 Å². The molecule has 0 saturated carbocycles. The Labute approximate surface area is 125 Å². The molecule has 7 heteroatoms. The number of amides is 1. The topological polar surface area (TPSA) is 81.5 Å². The van der Waals surface area contributed by atoms with Crippen molar-refractivity contribution in [3.8, 4) is 11.5 Å². The van der Waals surface area contributed by atoms with Crippen LogP contribution in [0.4, 0.5) is 15.8 Å². The highest BCUT2D eigenvalue weighted by atomic mass is 19.1. The average molecular weight is 304 g/mol. The standard InChI is InChI=1S/C15H13FN2O4/c1-9-7-13(18(20)21)12(17-10(2)19)8-15(9)22-14-6-4-3-5-11(14)16/h3-8H,1-2H3,(H,17,19). The van der Waals surface area contributed by atoms with E-state index in [0.29, 0.717) is 5.56 Å². The van der Waals surface area contributed by atoms with Crippen molar-refractivity contribution in [2.45, 2.75) is 13.8 Å². The smallest absolute Gasteiger partial charge is 0.293 e. The molecule has 0 aliphatic carbocycles. The molecule has 0 aliphatic heterocycles. The predicted molar refractivity (Wildman–Crippen MR) is 78.6 cm³/mol. The molecule has 0 saturated heterocycles. The number of hydrogen-bond donors (Lipinski definition) is 1. The maximum atomic E-state index is 13.6. The van der Waals surface area contributed by atoms with Crippen LogP contribution in [0, 0.1) is 22.9 Å². The van der Waals surface area contributed by atoms with Crippen molar-refractivity contribution in [1.82, 2.24) is 0 Å². The number of nitro benzene ring substituents is 1. The van der Waals surface area contributed by atoms with E-state index >= 15 is 0 Å². The van der Waals surface area contributed by atoms with Gasteiger partial charge in [-0.25, -0.2) is 4.39 Å². The second-order valence-electron chi connectivity index (χ2n) is 4.61. The Bertz CT molecular complexity index is 746. The molecule has 0 radical (unpaired) electrons. The highest BCUT2D eigenvalue weighted by Crippen LogP contribution is 2.35. The third kappa shape index (κ3) is 3.38. The van der Waals surface area contributed by atoms with E-state index in [9.17, 15) is 19.3 Å². The number of anilines is 1. The molecule has 0 unspecified atom stereocenters. The molecule has 6 nitrogen and oxygen atoms in total. The summed E-state index contributed by atoms with van der Waals surface area (Å²) in [7, 11) is 0. The number of hydrogen-bond acceptors (Lipinski definition) is 4. The molecule has 0 spiro atoms. The molecule has 2 rings (SSSR count). The van der Waals surface area contributed by atoms with Crippen LogP contribution in [0.25, 0.3) is 0 Å². The van der Waals surface area contributed by atoms with Gasteiger partial charge in [0.1, 0.15) is 11.4 Å². The van der Waals surface area contributed by atoms with Crippen molar-refractivity contribution in [3.05, 3.63) is 57.9 Å². The van der Waals surface area contributed by atoms with Gasteiger partial charge in [-0.1, -0.05) is 12.1 Å². The average Bonchev–Trinajstić information content (AvgIpc) is 2.43. The summed E-state index contributed by atoms with van der Waals surface area (Å²) in [6, 6.07) is 8.38. The molecular weight excluding hydrogens is 291 g/mol. The molecule has 2 aromatic carbocycles. The van der Waals surface area contributed by atoms with Crippen LogP contribution in [0.15, 0.2) is 36.4 Å². The summed E-state index contributed by atoms with van der Waals surface area (Å²) in [5.74, 6) is -0.794. The Morgan fingerprint density at radius 2 is 1.95 bits per heavy atom. The van der Waals surface area contributed by atoms with Crippen LogP contribution in [-0.2, 0) is 4.79 Å². The van der Waals surface area contributed by atoms with Crippen molar-refractivity contribution in [1.29, 1.82) is 0 Å². The molecule has 22 heavy (non-hydrogen) atoms. The van der Waals surface area contributed by atoms with Gasteiger partial charge >= 0.3 is 0 Å². The van der Waals surface area contributed by atoms with Crippen molar-refractivity contribution >= 4 is 17.3 Å². The van der Waals surface area contributed by atoms with Gasteiger partial charge < -0.3 is 10.1 Å². The highest BCUT2D eigenvalue weighted by Gasteiger charge is 2.19. The van der Waals surface area contributed by atoms with Crippen LogP contribution in [0.3, 0.4) is 0 Å². The molecule has 1 N–H and O–H groups in total. The summed E-state index contributed by atoms with van der Waals surface area (Å²) in [6.07, 6.45) is 0. The minimum Gasteiger partial charge on any atom is -0.454 e. The number of rotatable bonds is 4. The molecule has 2 aromatic rings. The summed E-state index contributed by atoms with van der Waals surface area (Å²) < 4.78 is 19.1. The number of para-hydroxylation sites is 1. The van der Waals surface area contributed by atoms with Gasteiger partial charge in [0.25, 0.3) is 5.69 Å². The lowest BCUT2D eigenvalue weighted by atomic mass is 10.1. The van der Waals surface area contributed by atoms with Crippen molar-refractivity contribution in [2.75, 3.05) is 5.32 Å². The second-order valence-corrected chi connectivity index (χ2v) is 4.61. The van der Waals surface area contributed by atoms with E-state index in [4.69, 9.17) is 4.74 Å². The lowest BCUT2D eigenvalue weighted by Gasteiger charge is -2.12. The minimum absolute atomic E-state index is 0.00515. The molecular formula is C15H13FN2O4. The first-order valence-corrected chi connectivity index (χ1v) is 6.37. The first kappa shape index (κ1) is 15.4. The first-order valence-electron chi connectivity index (χ1n) is 6.37. The monoisotopic (exact) mass is 304 g/mol. The summed E-state index contributed by atoms with van der Waals surface area (Å²) in [6.45, 7) is 2.84. The number of nitrogens with one attached hydrogen (secondary N) is 1. The van der Waals surface area contributed by atoms with Crippen LogP contribution >= 0.6 is 0 Å². The second kappa shape index (κ2) is 6.21. The van der Waals surface area contributed by atoms with Gasteiger partial charge in [-0.15, -0.1) is 0 Å². The maximum Gasteiger partial charge on any atom is 0.293 e. The van der Waals surface area contributed by atoms with E-state index in [2.05, 4.69) is 5.32 Å². The SMILES string of the molecule is CC(=O)Nc1cc(Oc2ccccc2F)c(C)cc1[N+](=O)[O-]. The fourth-order valence-corrected chi connectivity index (χ4v) is 1.87. The number of nitro groups is 1. The van der Waals surface area contributed by atoms with Crippen LogP contribution in [0.1, 0.15) is 12.5 Å². The lowest BCUT2D eigenvalue weighted by molar-refractivity contribution is -0.384. The number of nitrogens with zero attached hydrogens (tertiary/aromatic N) is 1. The zero-order valence-electron chi connectivity index (χ0n) is 11.9. The Kier molecular flexibility index (Phi) is 4.36. The van der Waals surface area contributed by atoms with E-state index in [0.717, 1.165) is 0 Å². The number of carbonyl (C=O) groups is 1. The summed E-state index contributed by atoms with van der Waals surface area (Å²) in [5, 5.41) is 13.4. The largest absolute Gasteiger partial charge is 0.454 e. The number of halogens is 1. The molecule has 0 heterocycles. The minimum atomic E-state index is -0.606. The Morgan fingerprint density at radius 1 is 1.27 bits per heavy atom. The van der Waals surface area contributed by atoms with Crippen LogP contribution in [0.2, 0.25) is 0 Å². The quantitative estimate of drug-likeness (QED) is 0.688. The lowest BCUT2D eigenvalue weighted by Crippen LogP contribution is -2.08. The third-order valence-electron chi connectivity index (χ3n) is 2.86. The van der Waals surface area contributed by atoms with Crippen LogP contribution in [0.5, 0.6) is 11.5 Å². The van der Waals surface area contributed by atoms with Crippen LogP contribution in [-0.4, -0.2) is 10.8 Å². The summed E-state index contributed by atoms with van der Waals surface area (Å²) in [5.41, 5.74) is 0.187. The first-order chi connectivity index (χ1) is 10.4. The van der Waals surface area contributed by atoms with E-state index < -0.39 is 16.6 Å². The van der Waals surface area contributed by atoms with Crippen molar-refractivity contribution < 1.29 is 18.8 Å². The molecule has 114 valence electrons. The molecule has 0 bridgehead atoms. The summed E-state index contributed by atoms with van der Waals surface area (Å²) in [4.78, 5) is 21.6. The molecule has 0 fully saturated rings. The zero-order chi connectivity index (χ0) is 16.3. The fraction of sp³-hybridized carbons (Fsp3) is 0.133. The number of aryl methyl sites for hydroxylation is 1. The normalized spacial score (nSPS) is 10.1. The van der Waals surface area contributed by atoms with Gasteiger partial charge in [-0.2, -0.15) is 0 Å². The van der Waals surface area contributed by atoms with Gasteiger partial charge in [0.2, 0.25) is 5.91 Å². The maximum absolute atomic E-state index is 13.6. The van der Waals surface area contributed by atoms with E-state index in [1.807, 2.05) is 0 Å². The molecule has 1 amide bonds. The van der Waals surface area contributed by atoms with E-state index in [-0.39, 0.29) is 22.9 Å². The zero-order valence-corrected chi connectivity index (χ0v) is 11.9. The number of benzene rings is 2. The Balaban J connectivity index is 2.46. The van der Waals surface area contributed by atoms with Gasteiger partial charge in [0.15, 0.2) is 11.6 Å². The Hall–Kier alpha value is -2.96. The van der Waals surface area contributed by atoms with E-state index in [1.54, 1.807) is 13.0 Å². The third-order valence-corrected chi connectivity index (χ3v) is 2.86. The molecule has 0 atom stereocenters. The molecule has 0 aliphatic rings. The summed E-state index contributed by atoms with van der Waals surface area (Å²) >= 11 is 0. The van der Waals surface area contributed by atoms with Crippen molar-refractivity contribution in [2.24, 2.45) is 0 Å². The van der Waals surface area contributed by atoms with Gasteiger partial charge in [0, 0.05) is 19.1 Å². The Morgan fingerprint density at radius 3 is 2.55 bits per heavy atom. The molecule has 0 aromatic heterocycles. The van der Waals surface area contributed by atoms with Crippen LogP contribution < -0.4 is 10.1 Å². The number of ether oxygens (including phenoxy) is 1. The van der Waals surface area contributed by atoms with E-state index in [1.165, 1.54) is 37.3 Å².